The molecule has 0 bridgehead atoms. The highest BCUT2D eigenvalue weighted by molar-refractivity contribution is 5.73. The largest absolute Gasteiger partial charge is 0.362 e. The smallest absolute Gasteiger partial charge is 0.138 e. The first-order valence-corrected chi connectivity index (χ1v) is 9.33. The van der Waals surface area contributed by atoms with Crippen molar-refractivity contribution in [3.8, 4) is 0 Å². The lowest BCUT2D eigenvalue weighted by molar-refractivity contribution is 0.0728. The first kappa shape index (κ1) is 18.8. The molecule has 4 rings (SSSR count). The average Bonchev–Trinajstić information content (AvgIpc) is 3.30. The van der Waals surface area contributed by atoms with E-state index in [1.165, 1.54) is 12.4 Å². The van der Waals surface area contributed by atoms with Crippen molar-refractivity contribution in [1.82, 2.24) is 14.8 Å². The molecule has 0 aliphatic rings. The number of aromatic nitrogens is 3. The maximum Gasteiger partial charge on any atom is 0.138 e. The highest BCUT2D eigenvalue weighted by Crippen LogP contribution is 2.31. The zero-order chi connectivity index (χ0) is 19.9. The topological polar surface area (TPSA) is 39.9 Å². The molecule has 0 spiro atoms. The number of ether oxygens (including phenoxy) is 1. The first-order chi connectivity index (χ1) is 14.3. The maximum absolute atomic E-state index is 14.1. The van der Waals surface area contributed by atoms with Crippen LogP contribution in [0.2, 0.25) is 0 Å². The first-order valence-electron chi connectivity index (χ1n) is 9.33. The highest BCUT2D eigenvalue weighted by Gasteiger charge is 2.21. The summed E-state index contributed by atoms with van der Waals surface area (Å²) in [5, 5.41) is 4.31. The van der Waals surface area contributed by atoms with E-state index in [0.717, 1.165) is 16.8 Å². The Morgan fingerprint density at radius 1 is 0.931 bits per heavy atom. The van der Waals surface area contributed by atoms with Crippen LogP contribution < -0.4 is 0 Å². The third-order valence-corrected chi connectivity index (χ3v) is 4.53. The van der Waals surface area contributed by atoms with Gasteiger partial charge in [-0.3, -0.25) is 0 Å². The van der Waals surface area contributed by atoms with Crippen molar-refractivity contribution in [3.05, 3.63) is 120 Å². The predicted octanol–water partition coefficient (Wildman–Crippen LogP) is 5.37. The van der Waals surface area contributed by atoms with E-state index in [4.69, 9.17) is 4.74 Å². The number of hydrogen-bond donors (Lipinski definition) is 0. The summed E-state index contributed by atoms with van der Waals surface area (Å²) in [7, 11) is 0. The Hall–Kier alpha value is -3.57. The van der Waals surface area contributed by atoms with E-state index >= 15 is 0 Å². The zero-order valence-corrected chi connectivity index (χ0v) is 15.7. The molecule has 0 aliphatic carbocycles. The van der Waals surface area contributed by atoms with Crippen LogP contribution in [0, 0.1) is 5.82 Å². The molecule has 5 heteroatoms. The van der Waals surface area contributed by atoms with Crippen LogP contribution in [0.25, 0.3) is 11.8 Å². The SMILES string of the molecule is Fc1ccccc1COC(C(=Cc1ccccc1)n1cncn1)c1ccccc1. The van der Waals surface area contributed by atoms with Crippen LogP contribution in [0.4, 0.5) is 4.39 Å². The van der Waals surface area contributed by atoms with Crippen molar-refractivity contribution in [2.75, 3.05) is 0 Å². The van der Waals surface area contributed by atoms with E-state index in [1.54, 1.807) is 29.2 Å². The summed E-state index contributed by atoms with van der Waals surface area (Å²) in [4.78, 5) is 4.09. The Morgan fingerprint density at radius 2 is 1.62 bits per heavy atom. The minimum absolute atomic E-state index is 0.132. The summed E-state index contributed by atoms with van der Waals surface area (Å²) in [5.74, 6) is -0.284. The molecular formula is C24H20FN3O. The second kappa shape index (κ2) is 9.08. The van der Waals surface area contributed by atoms with Crippen molar-refractivity contribution < 1.29 is 9.13 Å². The van der Waals surface area contributed by atoms with Gasteiger partial charge in [-0.05, 0) is 23.3 Å². The monoisotopic (exact) mass is 385 g/mol. The van der Waals surface area contributed by atoms with E-state index in [0.29, 0.717) is 5.56 Å². The summed E-state index contributed by atoms with van der Waals surface area (Å²) in [6.07, 6.45) is 4.67. The van der Waals surface area contributed by atoms with Gasteiger partial charge < -0.3 is 4.74 Å². The van der Waals surface area contributed by atoms with Crippen molar-refractivity contribution >= 4 is 11.8 Å². The molecule has 0 saturated heterocycles. The Morgan fingerprint density at radius 3 is 2.31 bits per heavy atom. The van der Waals surface area contributed by atoms with Gasteiger partial charge in [-0.25, -0.2) is 14.1 Å². The standard InChI is InChI=1S/C24H20FN3O/c25-22-14-8-7-13-21(22)16-29-24(20-11-5-2-6-12-20)23(28-18-26-17-27-28)15-19-9-3-1-4-10-19/h1-15,17-18,24H,16H2. The van der Waals surface area contributed by atoms with Gasteiger partial charge in [0, 0.05) is 5.56 Å². The van der Waals surface area contributed by atoms with Gasteiger partial charge in [-0.15, -0.1) is 0 Å². The Bertz CT molecular complexity index is 1060. The molecule has 4 aromatic rings. The Balaban J connectivity index is 1.75. The van der Waals surface area contributed by atoms with Gasteiger partial charge in [0.2, 0.25) is 0 Å². The van der Waals surface area contributed by atoms with Gasteiger partial charge in [0.15, 0.2) is 0 Å². The molecule has 0 saturated carbocycles. The molecule has 144 valence electrons. The molecule has 1 aromatic heterocycles. The van der Waals surface area contributed by atoms with Crippen LogP contribution in [-0.4, -0.2) is 14.8 Å². The van der Waals surface area contributed by atoms with E-state index in [-0.39, 0.29) is 12.4 Å². The second-order valence-electron chi connectivity index (χ2n) is 6.51. The third kappa shape index (κ3) is 4.65. The highest BCUT2D eigenvalue weighted by atomic mass is 19.1. The van der Waals surface area contributed by atoms with Crippen molar-refractivity contribution in [1.29, 1.82) is 0 Å². The molecule has 0 fully saturated rings. The van der Waals surface area contributed by atoms with Crippen LogP contribution in [0.5, 0.6) is 0 Å². The van der Waals surface area contributed by atoms with E-state index in [1.807, 2.05) is 66.7 Å². The summed E-state index contributed by atoms with van der Waals surface area (Å²) >= 11 is 0. The quantitative estimate of drug-likeness (QED) is 0.429. The molecule has 3 aromatic carbocycles. The molecule has 0 aliphatic heterocycles. The van der Waals surface area contributed by atoms with Crippen LogP contribution >= 0.6 is 0 Å². The molecule has 29 heavy (non-hydrogen) atoms. The summed E-state index contributed by atoms with van der Waals surface area (Å²) in [6.45, 7) is 0.132. The Labute approximate surface area is 168 Å². The lowest BCUT2D eigenvalue weighted by Gasteiger charge is -2.22. The number of halogens is 1. The van der Waals surface area contributed by atoms with Crippen molar-refractivity contribution in [3.63, 3.8) is 0 Å². The summed E-state index contributed by atoms with van der Waals surface area (Å²) in [6, 6.07) is 26.4. The van der Waals surface area contributed by atoms with E-state index < -0.39 is 6.10 Å². The van der Waals surface area contributed by atoms with Crippen LogP contribution in [0.3, 0.4) is 0 Å². The predicted molar refractivity (Wildman–Crippen MR) is 111 cm³/mol. The maximum atomic E-state index is 14.1. The fraction of sp³-hybridized carbons (Fsp3) is 0.0833. The van der Waals surface area contributed by atoms with Gasteiger partial charge in [0.25, 0.3) is 0 Å². The lowest BCUT2D eigenvalue weighted by atomic mass is 10.0. The molecule has 0 N–H and O–H groups in total. The number of benzene rings is 3. The molecular weight excluding hydrogens is 365 g/mol. The van der Waals surface area contributed by atoms with Gasteiger partial charge in [0.1, 0.15) is 24.6 Å². The molecule has 0 radical (unpaired) electrons. The van der Waals surface area contributed by atoms with Gasteiger partial charge >= 0.3 is 0 Å². The fourth-order valence-corrected chi connectivity index (χ4v) is 3.09. The molecule has 4 nitrogen and oxygen atoms in total. The second-order valence-corrected chi connectivity index (χ2v) is 6.51. The van der Waals surface area contributed by atoms with Gasteiger partial charge in [0.05, 0.1) is 12.3 Å². The van der Waals surface area contributed by atoms with Gasteiger partial charge in [-0.2, -0.15) is 5.10 Å². The van der Waals surface area contributed by atoms with Gasteiger partial charge in [-0.1, -0.05) is 78.9 Å². The summed E-state index contributed by atoms with van der Waals surface area (Å²) in [5.41, 5.74) is 3.25. The normalized spacial score (nSPS) is 12.7. The van der Waals surface area contributed by atoms with E-state index in [9.17, 15) is 4.39 Å². The van der Waals surface area contributed by atoms with Crippen LogP contribution in [0.15, 0.2) is 97.6 Å². The van der Waals surface area contributed by atoms with Crippen molar-refractivity contribution in [2.45, 2.75) is 12.7 Å². The van der Waals surface area contributed by atoms with Crippen LogP contribution in [-0.2, 0) is 11.3 Å². The minimum atomic E-state index is -0.460. The molecule has 0 amide bonds. The van der Waals surface area contributed by atoms with E-state index in [2.05, 4.69) is 10.1 Å². The Kier molecular flexibility index (Phi) is 5.88. The molecule has 1 unspecified atom stereocenters. The van der Waals surface area contributed by atoms with Crippen molar-refractivity contribution in [2.24, 2.45) is 0 Å². The summed E-state index contributed by atoms with van der Waals surface area (Å²) < 4.78 is 22.1. The number of rotatable bonds is 7. The van der Waals surface area contributed by atoms with Crippen LogP contribution in [0.1, 0.15) is 22.8 Å². The number of hydrogen-bond acceptors (Lipinski definition) is 3. The number of nitrogens with zero attached hydrogens (tertiary/aromatic N) is 3. The molecule has 1 heterocycles. The third-order valence-electron chi connectivity index (χ3n) is 4.53. The fourth-order valence-electron chi connectivity index (χ4n) is 3.09. The minimum Gasteiger partial charge on any atom is -0.362 e. The zero-order valence-electron chi connectivity index (χ0n) is 15.7. The lowest BCUT2D eigenvalue weighted by Crippen LogP contribution is -2.13. The molecule has 1 atom stereocenters. The average molecular weight is 385 g/mol.